The Morgan fingerprint density at radius 2 is 1.82 bits per heavy atom. The van der Waals surface area contributed by atoms with Crippen molar-refractivity contribution >= 4 is 17.9 Å². The second kappa shape index (κ2) is 6.14. The van der Waals surface area contributed by atoms with Gasteiger partial charge in [-0.1, -0.05) is 0 Å². The van der Waals surface area contributed by atoms with Crippen molar-refractivity contribution in [3.8, 4) is 0 Å². The molecule has 7 heteroatoms. The summed E-state index contributed by atoms with van der Waals surface area (Å²) < 4.78 is 5.37. The molecule has 1 aliphatic heterocycles. The lowest BCUT2D eigenvalue weighted by Crippen LogP contribution is -2.47. The number of carbonyl (C=O) groups excluding carboxylic acids is 3. The maximum atomic E-state index is 12.1. The molecule has 1 saturated heterocycles. The number of carbonyl (C=O) groups is 3. The standard InChI is InChI=1S/C15H23N3O4/c16-14(20)12-2-1-5-18(12)13(19)8-17-15(21)22-11-6-9-3-4-10(9)7-11/h9-12H,1-8H2,(H2,16,20)(H,17,21)/t9?,10?,11?,12-/m0/s1. The fourth-order valence-corrected chi connectivity index (χ4v) is 3.93. The molecule has 0 bridgehead atoms. The minimum absolute atomic E-state index is 0.0160. The summed E-state index contributed by atoms with van der Waals surface area (Å²) >= 11 is 0. The van der Waals surface area contributed by atoms with E-state index >= 15 is 0 Å². The van der Waals surface area contributed by atoms with Crippen molar-refractivity contribution in [1.82, 2.24) is 10.2 Å². The minimum Gasteiger partial charge on any atom is -0.446 e. The van der Waals surface area contributed by atoms with Crippen molar-refractivity contribution < 1.29 is 19.1 Å². The lowest BCUT2D eigenvalue weighted by atomic mass is 9.77. The number of likely N-dealkylation sites (tertiary alicyclic amines) is 1. The molecular weight excluding hydrogens is 286 g/mol. The molecule has 3 rings (SSSR count). The van der Waals surface area contributed by atoms with Gasteiger partial charge in [-0.15, -0.1) is 0 Å². The number of nitrogens with one attached hydrogen (secondary N) is 1. The van der Waals surface area contributed by atoms with Crippen molar-refractivity contribution in [2.75, 3.05) is 13.1 Å². The predicted octanol–water partition coefficient (Wildman–Crippen LogP) is 0.377. The average molecular weight is 309 g/mol. The molecule has 2 aliphatic carbocycles. The van der Waals surface area contributed by atoms with E-state index in [2.05, 4.69) is 5.32 Å². The summed E-state index contributed by atoms with van der Waals surface area (Å²) in [5.41, 5.74) is 5.28. The molecule has 3 amide bonds. The molecule has 0 aromatic carbocycles. The smallest absolute Gasteiger partial charge is 0.407 e. The molecule has 3 aliphatic rings. The first-order valence-electron chi connectivity index (χ1n) is 8.08. The molecule has 7 nitrogen and oxygen atoms in total. The van der Waals surface area contributed by atoms with Gasteiger partial charge in [0.15, 0.2) is 0 Å². The number of rotatable bonds is 4. The van der Waals surface area contributed by atoms with E-state index in [0.29, 0.717) is 13.0 Å². The molecule has 3 atom stereocenters. The summed E-state index contributed by atoms with van der Waals surface area (Å²) in [6.45, 7) is 0.358. The third kappa shape index (κ3) is 3.03. The van der Waals surface area contributed by atoms with E-state index in [1.165, 1.54) is 17.7 Å². The summed E-state index contributed by atoms with van der Waals surface area (Å²) in [5.74, 6) is 0.667. The Kier molecular flexibility index (Phi) is 4.22. The molecule has 22 heavy (non-hydrogen) atoms. The van der Waals surface area contributed by atoms with Crippen molar-refractivity contribution in [1.29, 1.82) is 0 Å². The number of primary amides is 1. The summed E-state index contributed by atoms with van der Waals surface area (Å²) in [6.07, 6.45) is 5.17. The van der Waals surface area contributed by atoms with Crippen LogP contribution < -0.4 is 11.1 Å². The highest BCUT2D eigenvalue weighted by Crippen LogP contribution is 2.47. The Hall–Kier alpha value is -1.79. The lowest BCUT2D eigenvalue weighted by Gasteiger charge is -2.28. The average Bonchev–Trinajstić information content (AvgIpc) is 3.04. The summed E-state index contributed by atoms with van der Waals surface area (Å²) in [7, 11) is 0. The first kappa shape index (κ1) is 15.1. The van der Waals surface area contributed by atoms with Crippen LogP contribution >= 0.6 is 0 Å². The Morgan fingerprint density at radius 3 is 2.41 bits per heavy atom. The molecule has 2 saturated carbocycles. The number of hydrogen-bond acceptors (Lipinski definition) is 4. The summed E-state index contributed by atoms with van der Waals surface area (Å²) in [4.78, 5) is 36.5. The number of nitrogens with two attached hydrogens (primary N) is 1. The van der Waals surface area contributed by atoms with E-state index < -0.39 is 18.0 Å². The fraction of sp³-hybridized carbons (Fsp3) is 0.800. The van der Waals surface area contributed by atoms with Crippen molar-refractivity contribution in [2.24, 2.45) is 17.6 Å². The van der Waals surface area contributed by atoms with E-state index in [0.717, 1.165) is 31.1 Å². The van der Waals surface area contributed by atoms with Crippen molar-refractivity contribution in [3.05, 3.63) is 0 Å². The van der Waals surface area contributed by atoms with Crippen LogP contribution in [0.3, 0.4) is 0 Å². The van der Waals surface area contributed by atoms with Crippen LogP contribution in [-0.2, 0) is 14.3 Å². The van der Waals surface area contributed by atoms with Crippen molar-refractivity contribution in [3.63, 3.8) is 0 Å². The minimum atomic E-state index is -0.547. The SMILES string of the molecule is NC(=O)[C@@H]1CCCN1C(=O)CNC(=O)OC1CC2CCC2C1. The van der Waals surface area contributed by atoms with Crippen LogP contribution in [0.15, 0.2) is 0 Å². The van der Waals surface area contributed by atoms with Crippen LogP contribution in [-0.4, -0.2) is 48.0 Å². The Balaban J connectivity index is 1.41. The zero-order valence-electron chi connectivity index (χ0n) is 12.6. The van der Waals surface area contributed by atoms with Crippen LogP contribution in [0.4, 0.5) is 4.79 Å². The predicted molar refractivity (Wildman–Crippen MR) is 77.6 cm³/mol. The third-order valence-electron chi connectivity index (χ3n) is 5.27. The molecule has 0 spiro atoms. The Labute approximate surface area is 129 Å². The summed E-state index contributed by atoms with van der Waals surface area (Å²) in [6, 6.07) is -0.546. The van der Waals surface area contributed by atoms with Gasteiger partial charge in [0.05, 0.1) is 0 Å². The quantitative estimate of drug-likeness (QED) is 0.783. The number of alkyl carbamates (subject to hydrolysis) is 1. The number of nitrogens with zero attached hydrogens (tertiary/aromatic N) is 1. The van der Waals surface area contributed by atoms with Crippen LogP contribution in [0, 0.1) is 11.8 Å². The number of hydrogen-bond donors (Lipinski definition) is 2. The number of ether oxygens (including phenoxy) is 1. The molecule has 3 N–H and O–H groups in total. The highest BCUT2D eigenvalue weighted by atomic mass is 16.6. The van der Waals surface area contributed by atoms with Crippen LogP contribution in [0.5, 0.6) is 0 Å². The molecule has 3 fully saturated rings. The normalized spacial score (nSPS) is 33.0. The van der Waals surface area contributed by atoms with E-state index in [4.69, 9.17) is 10.5 Å². The van der Waals surface area contributed by atoms with Gasteiger partial charge in [0.1, 0.15) is 18.7 Å². The van der Waals surface area contributed by atoms with Gasteiger partial charge in [-0.25, -0.2) is 4.79 Å². The Morgan fingerprint density at radius 1 is 1.14 bits per heavy atom. The van der Waals surface area contributed by atoms with E-state index in [9.17, 15) is 14.4 Å². The fourth-order valence-electron chi connectivity index (χ4n) is 3.93. The van der Waals surface area contributed by atoms with Gasteiger partial charge in [-0.3, -0.25) is 9.59 Å². The second-order valence-electron chi connectivity index (χ2n) is 6.60. The zero-order valence-corrected chi connectivity index (χ0v) is 12.6. The topological polar surface area (TPSA) is 102 Å². The van der Waals surface area contributed by atoms with Crippen LogP contribution in [0.25, 0.3) is 0 Å². The van der Waals surface area contributed by atoms with Gasteiger partial charge < -0.3 is 20.7 Å². The van der Waals surface area contributed by atoms with Gasteiger partial charge in [0.2, 0.25) is 11.8 Å². The maximum Gasteiger partial charge on any atom is 0.407 e. The molecule has 0 aromatic rings. The van der Waals surface area contributed by atoms with Gasteiger partial charge in [0, 0.05) is 6.54 Å². The highest BCUT2D eigenvalue weighted by Gasteiger charge is 2.41. The molecule has 122 valence electrons. The van der Waals surface area contributed by atoms with Crippen molar-refractivity contribution in [2.45, 2.75) is 50.7 Å². The van der Waals surface area contributed by atoms with Crippen LogP contribution in [0.2, 0.25) is 0 Å². The molecule has 2 unspecified atom stereocenters. The molecule has 1 heterocycles. The van der Waals surface area contributed by atoms with E-state index in [-0.39, 0.29) is 18.6 Å². The van der Waals surface area contributed by atoms with Gasteiger partial charge in [-0.2, -0.15) is 0 Å². The van der Waals surface area contributed by atoms with E-state index in [1.54, 1.807) is 0 Å². The second-order valence-corrected chi connectivity index (χ2v) is 6.60. The number of amides is 3. The van der Waals surface area contributed by atoms with Gasteiger partial charge in [0.25, 0.3) is 0 Å². The lowest BCUT2D eigenvalue weighted by molar-refractivity contribution is -0.136. The monoisotopic (exact) mass is 309 g/mol. The van der Waals surface area contributed by atoms with Gasteiger partial charge >= 0.3 is 6.09 Å². The highest BCUT2D eigenvalue weighted by molar-refractivity contribution is 5.89. The van der Waals surface area contributed by atoms with Gasteiger partial charge in [-0.05, 0) is 50.4 Å². The first-order chi connectivity index (χ1) is 10.5. The summed E-state index contributed by atoms with van der Waals surface area (Å²) in [5, 5.41) is 2.49. The van der Waals surface area contributed by atoms with Crippen LogP contribution in [0.1, 0.15) is 38.5 Å². The molecular formula is C15H23N3O4. The zero-order chi connectivity index (χ0) is 15.7. The molecule has 0 aromatic heterocycles. The molecule has 0 radical (unpaired) electrons. The number of fused-ring (bicyclic) bond motifs is 1. The maximum absolute atomic E-state index is 12.1. The van der Waals surface area contributed by atoms with E-state index in [1.807, 2.05) is 0 Å². The third-order valence-corrected chi connectivity index (χ3v) is 5.27. The first-order valence-corrected chi connectivity index (χ1v) is 8.08. The largest absolute Gasteiger partial charge is 0.446 e. The Bertz CT molecular complexity index is 469.